The monoisotopic (exact) mass is 267 g/mol. The van der Waals surface area contributed by atoms with Crippen LogP contribution in [-0.2, 0) is 13.0 Å². The van der Waals surface area contributed by atoms with E-state index >= 15 is 0 Å². The first kappa shape index (κ1) is 12.4. The van der Waals surface area contributed by atoms with Gasteiger partial charge in [-0.05, 0) is 53.1 Å². The van der Waals surface area contributed by atoms with Crippen molar-refractivity contribution in [2.75, 3.05) is 6.54 Å². The molecule has 1 aromatic heterocycles. The van der Waals surface area contributed by atoms with E-state index in [1.165, 1.54) is 5.56 Å². The maximum absolute atomic E-state index is 9.29. The molecule has 4 heteroatoms. The highest BCUT2D eigenvalue weighted by Gasteiger charge is 1.99. The predicted molar refractivity (Wildman–Crippen MR) is 72.8 cm³/mol. The molecule has 0 aliphatic heterocycles. The zero-order chi connectivity index (χ0) is 12.1. The molecule has 0 unspecified atom stereocenters. The topological polar surface area (TPSA) is 32.3 Å². The number of aromatic hydroxyl groups is 1. The molecule has 0 atom stereocenters. The maximum Gasteiger partial charge on any atom is 0.134 e. The van der Waals surface area contributed by atoms with E-state index in [1.807, 2.05) is 6.07 Å². The van der Waals surface area contributed by atoms with Crippen LogP contribution in [0.15, 0.2) is 35.0 Å². The van der Waals surface area contributed by atoms with E-state index in [1.54, 1.807) is 23.5 Å². The second-order valence-corrected chi connectivity index (χ2v) is 5.03. The molecular formula is C13H14ClNOS. The Bertz CT molecular complexity index is 470. The number of benzene rings is 1. The lowest BCUT2D eigenvalue weighted by Gasteiger charge is -2.05. The van der Waals surface area contributed by atoms with Crippen molar-refractivity contribution >= 4 is 22.9 Å². The number of phenolic OH excluding ortho intramolecular Hbond substituents is 1. The summed E-state index contributed by atoms with van der Waals surface area (Å²) in [7, 11) is 0. The summed E-state index contributed by atoms with van der Waals surface area (Å²) in [5.41, 5.74) is 2.45. The fourth-order valence-electron chi connectivity index (χ4n) is 1.56. The summed E-state index contributed by atoms with van der Waals surface area (Å²) in [6.45, 7) is 1.71. The molecule has 2 rings (SSSR count). The first-order valence-corrected chi connectivity index (χ1v) is 6.77. The molecule has 17 heavy (non-hydrogen) atoms. The van der Waals surface area contributed by atoms with Crippen molar-refractivity contribution < 1.29 is 5.11 Å². The van der Waals surface area contributed by atoms with Crippen LogP contribution >= 0.6 is 22.9 Å². The first-order valence-electron chi connectivity index (χ1n) is 5.45. The van der Waals surface area contributed by atoms with Crippen LogP contribution in [0.5, 0.6) is 5.75 Å². The first-order chi connectivity index (χ1) is 8.25. The lowest BCUT2D eigenvalue weighted by Crippen LogP contribution is -2.16. The van der Waals surface area contributed by atoms with Gasteiger partial charge in [0.05, 0.1) is 5.02 Å². The standard InChI is InChI=1S/C13H14ClNOS/c14-12-7-11(1-2-13(12)16)8-15-5-3-10-4-6-17-9-10/h1-2,4,6-7,9,15-16H,3,5,8H2. The van der Waals surface area contributed by atoms with Crippen LogP contribution in [0.25, 0.3) is 0 Å². The fourth-order valence-corrected chi connectivity index (χ4v) is 2.47. The van der Waals surface area contributed by atoms with Crippen molar-refractivity contribution in [3.05, 3.63) is 51.2 Å². The second kappa shape index (κ2) is 6.05. The van der Waals surface area contributed by atoms with Gasteiger partial charge < -0.3 is 10.4 Å². The summed E-state index contributed by atoms with van der Waals surface area (Å²) < 4.78 is 0. The summed E-state index contributed by atoms with van der Waals surface area (Å²) in [6, 6.07) is 7.43. The van der Waals surface area contributed by atoms with Crippen LogP contribution in [0.1, 0.15) is 11.1 Å². The normalized spacial score (nSPS) is 10.6. The molecule has 0 fully saturated rings. The van der Waals surface area contributed by atoms with Gasteiger partial charge in [0.25, 0.3) is 0 Å². The van der Waals surface area contributed by atoms with E-state index in [9.17, 15) is 5.11 Å². The van der Waals surface area contributed by atoms with Gasteiger partial charge in [-0.2, -0.15) is 11.3 Å². The zero-order valence-electron chi connectivity index (χ0n) is 9.32. The van der Waals surface area contributed by atoms with Gasteiger partial charge in [-0.25, -0.2) is 0 Å². The Morgan fingerprint density at radius 2 is 2.12 bits per heavy atom. The molecule has 0 bridgehead atoms. The smallest absolute Gasteiger partial charge is 0.134 e. The number of hydrogen-bond acceptors (Lipinski definition) is 3. The third-order valence-electron chi connectivity index (χ3n) is 2.51. The van der Waals surface area contributed by atoms with Crippen LogP contribution < -0.4 is 5.32 Å². The molecule has 1 aromatic carbocycles. The SMILES string of the molecule is Oc1ccc(CNCCc2ccsc2)cc1Cl. The second-order valence-electron chi connectivity index (χ2n) is 3.84. The highest BCUT2D eigenvalue weighted by atomic mass is 35.5. The Balaban J connectivity index is 1.76. The minimum absolute atomic E-state index is 0.133. The van der Waals surface area contributed by atoms with Crippen molar-refractivity contribution in [3.8, 4) is 5.75 Å². The van der Waals surface area contributed by atoms with E-state index in [0.29, 0.717) is 5.02 Å². The molecule has 0 spiro atoms. The van der Waals surface area contributed by atoms with Gasteiger partial charge in [0.1, 0.15) is 5.75 Å². The number of nitrogens with one attached hydrogen (secondary N) is 1. The maximum atomic E-state index is 9.29. The van der Waals surface area contributed by atoms with Crippen molar-refractivity contribution in [3.63, 3.8) is 0 Å². The predicted octanol–water partition coefficient (Wildman–Crippen LogP) is 3.44. The van der Waals surface area contributed by atoms with E-state index in [0.717, 1.165) is 25.1 Å². The van der Waals surface area contributed by atoms with Crippen LogP contribution in [0.2, 0.25) is 5.02 Å². The van der Waals surface area contributed by atoms with Gasteiger partial charge in [0, 0.05) is 6.54 Å². The summed E-state index contributed by atoms with van der Waals surface area (Å²) in [6.07, 6.45) is 1.04. The largest absolute Gasteiger partial charge is 0.506 e. The number of phenols is 1. The molecule has 2 N–H and O–H groups in total. The number of thiophene rings is 1. The Labute approximate surface area is 110 Å². The molecule has 2 aromatic rings. The van der Waals surface area contributed by atoms with Crippen LogP contribution in [0, 0.1) is 0 Å². The van der Waals surface area contributed by atoms with Gasteiger partial charge in [0.2, 0.25) is 0 Å². The molecule has 90 valence electrons. The average Bonchev–Trinajstić information content (AvgIpc) is 2.82. The minimum atomic E-state index is 0.133. The third kappa shape index (κ3) is 3.73. The Morgan fingerprint density at radius 3 is 2.82 bits per heavy atom. The lowest BCUT2D eigenvalue weighted by atomic mass is 10.2. The molecule has 1 heterocycles. The van der Waals surface area contributed by atoms with Crippen molar-refractivity contribution in [2.45, 2.75) is 13.0 Å². The van der Waals surface area contributed by atoms with E-state index in [2.05, 4.69) is 22.1 Å². The Morgan fingerprint density at radius 1 is 1.24 bits per heavy atom. The summed E-state index contributed by atoms with van der Waals surface area (Å²) >= 11 is 7.56. The Hall–Kier alpha value is -1.03. The van der Waals surface area contributed by atoms with Gasteiger partial charge in [0.15, 0.2) is 0 Å². The van der Waals surface area contributed by atoms with Crippen molar-refractivity contribution in [1.29, 1.82) is 0 Å². The number of hydrogen-bond donors (Lipinski definition) is 2. The van der Waals surface area contributed by atoms with Gasteiger partial charge in [-0.15, -0.1) is 0 Å². The third-order valence-corrected chi connectivity index (χ3v) is 3.55. The molecule has 0 amide bonds. The summed E-state index contributed by atoms with van der Waals surface area (Å²) in [4.78, 5) is 0. The molecule has 0 saturated heterocycles. The van der Waals surface area contributed by atoms with Crippen LogP contribution in [0.4, 0.5) is 0 Å². The quantitative estimate of drug-likeness (QED) is 0.814. The highest BCUT2D eigenvalue weighted by molar-refractivity contribution is 7.07. The Kier molecular flexibility index (Phi) is 4.42. The molecule has 0 saturated carbocycles. The number of halogens is 1. The van der Waals surface area contributed by atoms with Crippen LogP contribution in [-0.4, -0.2) is 11.7 Å². The van der Waals surface area contributed by atoms with E-state index in [-0.39, 0.29) is 5.75 Å². The zero-order valence-corrected chi connectivity index (χ0v) is 10.9. The van der Waals surface area contributed by atoms with Gasteiger partial charge in [-0.3, -0.25) is 0 Å². The number of rotatable bonds is 5. The van der Waals surface area contributed by atoms with Gasteiger partial charge in [-0.1, -0.05) is 17.7 Å². The van der Waals surface area contributed by atoms with Crippen molar-refractivity contribution in [1.82, 2.24) is 5.32 Å². The summed E-state index contributed by atoms with van der Waals surface area (Å²) in [5.74, 6) is 0.133. The minimum Gasteiger partial charge on any atom is -0.506 e. The molecule has 2 nitrogen and oxygen atoms in total. The van der Waals surface area contributed by atoms with Crippen molar-refractivity contribution in [2.24, 2.45) is 0 Å². The van der Waals surface area contributed by atoms with E-state index in [4.69, 9.17) is 11.6 Å². The molecule has 0 radical (unpaired) electrons. The molecule has 0 aliphatic rings. The summed E-state index contributed by atoms with van der Waals surface area (Å²) in [5, 5.41) is 17.3. The fraction of sp³-hybridized carbons (Fsp3) is 0.231. The lowest BCUT2D eigenvalue weighted by molar-refractivity contribution is 0.475. The highest BCUT2D eigenvalue weighted by Crippen LogP contribution is 2.23. The molecular weight excluding hydrogens is 254 g/mol. The molecule has 0 aliphatic carbocycles. The van der Waals surface area contributed by atoms with E-state index < -0.39 is 0 Å². The van der Waals surface area contributed by atoms with Gasteiger partial charge >= 0.3 is 0 Å². The average molecular weight is 268 g/mol. The van der Waals surface area contributed by atoms with Crippen LogP contribution in [0.3, 0.4) is 0 Å².